The van der Waals surface area contributed by atoms with Crippen LogP contribution in [0.1, 0.15) is 29.8 Å². The van der Waals surface area contributed by atoms with E-state index in [9.17, 15) is 13.2 Å². The first kappa shape index (κ1) is 20.9. The topological polar surface area (TPSA) is 84.5 Å². The summed E-state index contributed by atoms with van der Waals surface area (Å²) in [4.78, 5) is 12.4. The summed E-state index contributed by atoms with van der Waals surface area (Å²) in [6, 6.07) is 13.6. The van der Waals surface area contributed by atoms with Gasteiger partial charge in [0.15, 0.2) is 0 Å². The lowest BCUT2D eigenvalue weighted by Crippen LogP contribution is -2.28. The van der Waals surface area contributed by atoms with Crippen molar-refractivity contribution in [2.75, 3.05) is 20.2 Å². The molecule has 2 aromatic carbocycles. The standard InChI is InChI=1S/C20H26N2O4S/c1-15(2)14-22-27(24,25)19-10-6-17(7-11-19)20(23)21-13-12-16-4-8-18(26-3)9-5-16/h4-11,15,22H,12-14H2,1-3H3,(H,21,23). The average Bonchev–Trinajstić information content (AvgIpc) is 2.67. The van der Waals surface area contributed by atoms with E-state index in [4.69, 9.17) is 4.74 Å². The first-order chi connectivity index (χ1) is 12.8. The number of hydrogen-bond donors (Lipinski definition) is 2. The Morgan fingerprint density at radius 3 is 2.22 bits per heavy atom. The Labute approximate surface area is 161 Å². The predicted octanol–water partition coefficient (Wildman–Crippen LogP) is 2.60. The number of carbonyl (C=O) groups excluding carboxylic acids is 1. The van der Waals surface area contributed by atoms with E-state index >= 15 is 0 Å². The Kier molecular flexibility index (Phi) is 7.38. The van der Waals surface area contributed by atoms with Gasteiger partial charge in [0, 0.05) is 18.7 Å². The predicted molar refractivity (Wildman–Crippen MR) is 105 cm³/mol. The zero-order valence-electron chi connectivity index (χ0n) is 15.9. The molecule has 2 N–H and O–H groups in total. The van der Waals surface area contributed by atoms with Gasteiger partial charge in [0.1, 0.15) is 5.75 Å². The molecule has 0 aliphatic heterocycles. The maximum absolute atomic E-state index is 12.2. The summed E-state index contributed by atoms with van der Waals surface area (Å²) in [6.45, 7) is 4.72. The second-order valence-corrected chi connectivity index (χ2v) is 8.39. The molecule has 7 heteroatoms. The van der Waals surface area contributed by atoms with Crippen LogP contribution in [-0.4, -0.2) is 34.5 Å². The minimum atomic E-state index is -3.55. The molecule has 0 saturated carbocycles. The lowest BCUT2D eigenvalue weighted by molar-refractivity contribution is 0.0954. The van der Waals surface area contributed by atoms with Crippen molar-refractivity contribution in [3.63, 3.8) is 0 Å². The van der Waals surface area contributed by atoms with Crippen molar-refractivity contribution < 1.29 is 17.9 Å². The van der Waals surface area contributed by atoms with E-state index in [0.717, 1.165) is 11.3 Å². The number of sulfonamides is 1. The number of nitrogens with one attached hydrogen (secondary N) is 2. The summed E-state index contributed by atoms with van der Waals surface area (Å²) < 4.78 is 32.0. The Balaban J connectivity index is 1.89. The largest absolute Gasteiger partial charge is 0.497 e. The zero-order valence-corrected chi connectivity index (χ0v) is 16.7. The third kappa shape index (κ3) is 6.37. The Morgan fingerprint density at radius 2 is 1.67 bits per heavy atom. The summed E-state index contributed by atoms with van der Waals surface area (Å²) in [5.41, 5.74) is 1.52. The molecule has 0 aliphatic carbocycles. The molecule has 2 aromatic rings. The van der Waals surface area contributed by atoms with Crippen LogP contribution >= 0.6 is 0 Å². The van der Waals surface area contributed by atoms with Gasteiger partial charge in [-0.1, -0.05) is 26.0 Å². The van der Waals surface area contributed by atoms with Crippen LogP contribution in [0.5, 0.6) is 5.75 Å². The molecule has 0 saturated heterocycles. The minimum Gasteiger partial charge on any atom is -0.497 e. The van der Waals surface area contributed by atoms with Crippen LogP contribution in [0.4, 0.5) is 0 Å². The maximum atomic E-state index is 12.2. The third-order valence-electron chi connectivity index (χ3n) is 3.97. The molecule has 0 fully saturated rings. The second-order valence-electron chi connectivity index (χ2n) is 6.62. The first-order valence-electron chi connectivity index (χ1n) is 8.82. The van der Waals surface area contributed by atoms with E-state index in [1.165, 1.54) is 24.3 Å². The summed E-state index contributed by atoms with van der Waals surface area (Å²) >= 11 is 0. The highest BCUT2D eigenvalue weighted by Gasteiger charge is 2.15. The molecule has 0 unspecified atom stereocenters. The summed E-state index contributed by atoms with van der Waals surface area (Å²) in [5.74, 6) is 0.777. The Bertz CT molecular complexity index is 845. The van der Waals surface area contributed by atoms with Crippen LogP contribution in [0, 0.1) is 5.92 Å². The fourth-order valence-electron chi connectivity index (χ4n) is 2.36. The van der Waals surface area contributed by atoms with Gasteiger partial charge in [0.25, 0.3) is 5.91 Å². The highest BCUT2D eigenvalue weighted by molar-refractivity contribution is 7.89. The molecular formula is C20H26N2O4S. The van der Waals surface area contributed by atoms with Crippen LogP contribution in [0.15, 0.2) is 53.4 Å². The van der Waals surface area contributed by atoms with Crippen molar-refractivity contribution in [1.29, 1.82) is 0 Å². The SMILES string of the molecule is COc1ccc(CCNC(=O)c2ccc(S(=O)(=O)NCC(C)C)cc2)cc1. The van der Waals surface area contributed by atoms with Crippen LogP contribution in [0.2, 0.25) is 0 Å². The van der Waals surface area contributed by atoms with Gasteiger partial charge in [-0.25, -0.2) is 13.1 Å². The molecule has 0 heterocycles. The Hall–Kier alpha value is -2.38. The molecule has 0 aromatic heterocycles. The summed E-state index contributed by atoms with van der Waals surface area (Å²) in [6.07, 6.45) is 0.696. The smallest absolute Gasteiger partial charge is 0.251 e. The molecule has 0 spiro atoms. The Morgan fingerprint density at radius 1 is 1.04 bits per heavy atom. The van der Waals surface area contributed by atoms with Gasteiger partial charge in [-0.05, 0) is 54.3 Å². The van der Waals surface area contributed by atoms with Crippen LogP contribution in [0.3, 0.4) is 0 Å². The van der Waals surface area contributed by atoms with Crippen molar-refractivity contribution in [1.82, 2.24) is 10.0 Å². The molecule has 146 valence electrons. The van der Waals surface area contributed by atoms with E-state index in [1.54, 1.807) is 7.11 Å². The highest BCUT2D eigenvalue weighted by atomic mass is 32.2. The number of methoxy groups -OCH3 is 1. The molecule has 0 atom stereocenters. The second kappa shape index (κ2) is 9.53. The third-order valence-corrected chi connectivity index (χ3v) is 5.41. The average molecular weight is 391 g/mol. The van der Waals surface area contributed by atoms with Crippen molar-refractivity contribution in [3.05, 3.63) is 59.7 Å². The molecule has 0 radical (unpaired) electrons. The van der Waals surface area contributed by atoms with Gasteiger partial charge in [-0.2, -0.15) is 0 Å². The monoisotopic (exact) mass is 390 g/mol. The van der Waals surface area contributed by atoms with Crippen LogP contribution in [0.25, 0.3) is 0 Å². The van der Waals surface area contributed by atoms with Crippen molar-refractivity contribution in [2.24, 2.45) is 5.92 Å². The van der Waals surface area contributed by atoms with Gasteiger partial charge < -0.3 is 10.1 Å². The van der Waals surface area contributed by atoms with Crippen molar-refractivity contribution >= 4 is 15.9 Å². The van der Waals surface area contributed by atoms with E-state index in [0.29, 0.717) is 25.1 Å². The molecule has 27 heavy (non-hydrogen) atoms. The first-order valence-corrected chi connectivity index (χ1v) is 10.3. The quantitative estimate of drug-likeness (QED) is 0.689. The summed E-state index contributed by atoms with van der Waals surface area (Å²) in [5, 5.41) is 2.84. The van der Waals surface area contributed by atoms with Gasteiger partial charge in [-0.15, -0.1) is 0 Å². The molecule has 0 bridgehead atoms. The number of hydrogen-bond acceptors (Lipinski definition) is 4. The van der Waals surface area contributed by atoms with Crippen molar-refractivity contribution in [2.45, 2.75) is 25.2 Å². The normalized spacial score (nSPS) is 11.4. The van der Waals surface area contributed by atoms with E-state index in [1.807, 2.05) is 38.1 Å². The van der Waals surface area contributed by atoms with Gasteiger partial charge in [-0.3, -0.25) is 4.79 Å². The highest BCUT2D eigenvalue weighted by Crippen LogP contribution is 2.12. The number of ether oxygens (including phenoxy) is 1. The van der Waals surface area contributed by atoms with E-state index < -0.39 is 10.0 Å². The molecule has 1 amide bonds. The molecule has 0 aliphatic rings. The van der Waals surface area contributed by atoms with Gasteiger partial charge in [0.2, 0.25) is 10.0 Å². The lowest BCUT2D eigenvalue weighted by atomic mass is 10.1. The number of carbonyl (C=O) groups is 1. The van der Waals surface area contributed by atoms with Crippen molar-refractivity contribution in [3.8, 4) is 5.75 Å². The maximum Gasteiger partial charge on any atom is 0.251 e. The fourth-order valence-corrected chi connectivity index (χ4v) is 3.57. The molecule has 2 rings (SSSR count). The lowest BCUT2D eigenvalue weighted by Gasteiger charge is -2.10. The van der Waals surface area contributed by atoms with E-state index in [2.05, 4.69) is 10.0 Å². The number of benzene rings is 2. The summed E-state index contributed by atoms with van der Waals surface area (Å²) in [7, 11) is -1.93. The minimum absolute atomic E-state index is 0.151. The molecule has 6 nitrogen and oxygen atoms in total. The van der Waals surface area contributed by atoms with E-state index in [-0.39, 0.29) is 16.7 Å². The van der Waals surface area contributed by atoms with Gasteiger partial charge >= 0.3 is 0 Å². The van der Waals surface area contributed by atoms with Crippen LogP contribution < -0.4 is 14.8 Å². The zero-order chi connectivity index (χ0) is 19.9. The number of amides is 1. The molecular weight excluding hydrogens is 364 g/mol. The van der Waals surface area contributed by atoms with Crippen LogP contribution in [-0.2, 0) is 16.4 Å². The van der Waals surface area contributed by atoms with Gasteiger partial charge in [0.05, 0.1) is 12.0 Å². The number of rotatable bonds is 9. The fraction of sp³-hybridized carbons (Fsp3) is 0.350.